The summed E-state index contributed by atoms with van der Waals surface area (Å²) < 4.78 is 9.90. The first-order valence-corrected chi connectivity index (χ1v) is 5.47. The largest absolute Gasteiger partial charge is 0.430 e. The summed E-state index contributed by atoms with van der Waals surface area (Å²) in [6.07, 6.45) is 4.31. The van der Waals surface area contributed by atoms with E-state index in [1.807, 2.05) is 0 Å². The molecule has 1 saturated heterocycles. The fraction of sp³-hybridized carbons (Fsp3) is 0.583. The molecule has 0 spiro atoms. The lowest BCUT2D eigenvalue weighted by molar-refractivity contribution is -0.143. The summed E-state index contributed by atoms with van der Waals surface area (Å²) in [5, 5.41) is 0. The standard InChI is InChI=1S/C12H14O3/c1-7(12(13)15-11-6-14-11)10-5-8-2-3-9(10)4-8/h8,11H,1-6H2. The second kappa shape index (κ2) is 3.20. The quantitative estimate of drug-likeness (QED) is 0.402. The molecule has 0 radical (unpaired) electrons. The van der Waals surface area contributed by atoms with E-state index < -0.39 is 0 Å². The van der Waals surface area contributed by atoms with E-state index in [1.165, 1.54) is 18.4 Å². The average molecular weight is 206 g/mol. The van der Waals surface area contributed by atoms with Gasteiger partial charge in [0, 0.05) is 0 Å². The molecule has 0 N–H and O–H groups in total. The van der Waals surface area contributed by atoms with Crippen molar-refractivity contribution >= 4 is 5.97 Å². The molecule has 1 heterocycles. The van der Waals surface area contributed by atoms with Gasteiger partial charge in [-0.25, -0.2) is 4.79 Å². The number of epoxide rings is 1. The molecule has 3 rings (SSSR count). The number of ether oxygens (including phenoxy) is 2. The van der Waals surface area contributed by atoms with Crippen LogP contribution in [0.5, 0.6) is 0 Å². The monoisotopic (exact) mass is 206 g/mol. The van der Waals surface area contributed by atoms with E-state index in [2.05, 4.69) is 6.58 Å². The molecule has 0 aromatic carbocycles. The molecule has 2 atom stereocenters. The van der Waals surface area contributed by atoms with Gasteiger partial charge in [0.15, 0.2) is 0 Å². The molecule has 2 aliphatic carbocycles. The summed E-state index contributed by atoms with van der Waals surface area (Å²) in [5.41, 5.74) is 3.15. The van der Waals surface area contributed by atoms with Crippen molar-refractivity contribution in [1.29, 1.82) is 0 Å². The van der Waals surface area contributed by atoms with E-state index in [4.69, 9.17) is 9.47 Å². The molecule has 2 unspecified atom stereocenters. The number of rotatable bonds is 3. The molecule has 15 heavy (non-hydrogen) atoms. The Morgan fingerprint density at radius 3 is 2.80 bits per heavy atom. The first-order valence-electron chi connectivity index (χ1n) is 5.47. The number of carbonyl (C=O) groups is 1. The number of hydrogen-bond acceptors (Lipinski definition) is 3. The zero-order valence-corrected chi connectivity index (χ0v) is 8.62. The zero-order chi connectivity index (χ0) is 10.4. The topological polar surface area (TPSA) is 38.8 Å². The van der Waals surface area contributed by atoms with Gasteiger partial charge in [0.25, 0.3) is 0 Å². The molecule has 0 amide bonds. The van der Waals surface area contributed by atoms with Gasteiger partial charge in [-0.05, 0) is 37.2 Å². The number of carbonyl (C=O) groups excluding carboxylic acids is 1. The van der Waals surface area contributed by atoms with Crippen molar-refractivity contribution in [2.24, 2.45) is 5.92 Å². The third kappa shape index (κ3) is 1.61. The van der Waals surface area contributed by atoms with Gasteiger partial charge in [0.2, 0.25) is 6.29 Å². The maximum Gasteiger partial charge on any atom is 0.340 e. The van der Waals surface area contributed by atoms with Crippen LogP contribution in [-0.4, -0.2) is 18.9 Å². The van der Waals surface area contributed by atoms with Crippen LogP contribution in [0.25, 0.3) is 0 Å². The van der Waals surface area contributed by atoms with Crippen molar-refractivity contribution in [3.05, 3.63) is 23.3 Å². The summed E-state index contributed by atoms with van der Waals surface area (Å²) in [6.45, 7) is 4.38. The predicted molar refractivity (Wildman–Crippen MR) is 54.0 cm³/mol. The molecule has 0 aromatic heterocycles. The molecule has 3 nitrogen and oxygen atoms in total. The van der Waals surface area contributed by atoms with Crippen molar-refractivity contribution in [3.63, 3.8) is 0 Å². The maximum atomic E-state index is 11.6. The highest BCUT2D eigenvalue weighted by atomic mass is 16.8. The Bertz CT molecular complexity index is 363. The van der Waals surface area contributed by atoms with Gasteiger partial charge in [-0.1, -0.05) is 12.2 Å². The van der Waals surface area contributed by atoms with Gasteiger partial charge in [0.1, 0.15) is 6.61 Å². The molecular formula is C12H14O3. The Morgan fingerprint density at radius 1 is 1.47 bits per heavy atom. The fourth-order valence-corrected chi connectivity index (χ4v) is 2.57. The molecule has 80 valence electrons. The van der Waals surface area contributed by atoms with Crippen molar-refractivity contribution < 1.29 is 14.3 Å². The Labute approximate surface area is 88.7 Å². The van der Waals surface area contributed by atoms with Crippen LogP contribution >= 0.6 is 0 Å². The Balaban J connectivity index is 1.71. The van der Waals surface area contributed by atoms with Gasteiger partial charge in [0.05, 0.1) is 5.57 Å². The lowest BCUT2D eigenvalue weighted by Crippen LogP contribution is -2.12. The molecule has 1 aliphatic heterocycles. The summed E-state index contributed by atoms with van der Waals surface area (Å²) in [7, 11) is 0. The van der Waals surface area contributed by atoms with E-state index in [9.17, 15) is 4.79 Å². The SMILES string of the molecule is C=C(C(=O)OC1CO1)C1=C2CCC(C2)C1. The normalized spacial score (nSPS) is 32.0. The molecule has 2 bridgehead atoms. The van der Waals surface area contributed by atoms with Crippen molar-refractivity contribution in [3.8, 4) is 0 Å². The minimum Gasteiger partial charge on any atom is -0.430 e. The van der Waals surface area contributed by atoms with E-state index in [0.717, 1.165) is 24.3 Å². The van der Waals surface area contributed by atoms with E-state index in [0.29, 0.717) is 12.2 Å². The fourth-order valence-electron chi connectivity index (χ4n) is 2.57. The molecule has 0 aromatic rings. The van der Waals surface area contributed by atoms with Gasteiger partial charge >= 0.3 is 5.97 Å². The summed E-state index contributed by atoms with van der Waals surface area (Å²) in [4.78, 5) is 11.6. The minimum absolute atomic E-state index is 0.299. The van der Waals surface area contributed by atoms with Crippen LogP contribution in [-0.2, 0) is 14.3 Å². The average Bonchev–Trinajstić information content (AvgIpc) is 2.80. The summed E-state index contributed by atoms with van der Waals surface area (Å²) in [5.74, 6) is 0.462. The number of fused-ring (bicyclic) bond motifs is 2. The van der Waals surface area contributed by atoms with Gasteiger partial charge in [-0.3, -0.25) is 0 Å². The highest BCUT2D eigenvalue weighted by molar-refractivity contribution is 5.93. The Kier molecular flexibility index (Phi) is 1.96. The predicted octanol–water partition coefficient (Wildman–Crippen LogP) is 1.94. The number of hydrogen-bond donors (Lipinski definition) is 0. The zero-order valence-electron chi connectivity index (χ0n) is 8.62. The number of esters is 1. The van der Waals surface area contributed by atoms with Gasteiger partial charge in [-0.2, -0.15) is 0 Å². The van der Waals surface area contributed by atoms with Crippen LogP contribution in [0.15, 0.2) is 23.3 Å². The Hall–Kier alpha value is -1.09. The van der Waals surface area contributed by atoms with Crippen LogP contribution in [0.2, 0.25) is 0 Å². The van der Waals surface area contributed by atoms with E-state index in [-0.39, 0.29) is 12.3 Å². The third-order valence-corrected chi connectivity index (χ3v) is 3.46. The summed E-state index contributed by atoms with van der Waals surface area (Å²) >= 11 is 0. The lowest BCUT2D eigenvalue weighted by atomic mass is 9.94. The second-order valence-electron chi connectivity index (χ2n) is 4.54. The van der Waals surface area contributed by atoms with E-state index >= 15 is 0 Å². The molecule has 2 fully saturated rings. The Morgan fingerprint density at radius 2 is 2.27 bits per heavy atom. The van der Waals surface area contributed by atoms with Crippen LogP contribution in [0, 0.1) is 5.92 Å². The van der Waals surface area contributed by atoms with Gasteiger partial charge < -0.3 is 9.47 Å². The van der Waals surface area contributed by atoms with Crippen LogP contribution in [0.3, 0.4) is 0 Å². The lowest BCUT2D eigenvalue weighted by Gasteiger charge is -2.13. The van der Waals surface area contributed by atoms with Gasteiger partial charge in [-0.15, -0.1) is 0 Å². The van der Waals surface area contributed by atoms with Crippen molar-refractivity contribution in [1.82, 2.24) is 0 Å². The molecule has 3 aliphatic rings. The van der Waals surface area contributed by atoms with Crippen LogP contribution in [0.4, 0.5) is 0 Å². The first kappa shape index (κ1) is 9.16. The first-order chi connectivity index (χ1) is 7.24. The van der Waals surface area contributed by atoms with Crippen molar-refractivity contribution in [2.75, 3.05) is 6.61 Å². The van der Waals surface area contributed by atoms with E-state index in [1.54, 1.807) is 0 Å². The van der Waals surface area contributed by atoms with Crippen LogP contribution in [0.1, 0.15) is 25.7 Å². The molecule has 1 saturated carbocycles. The van der Waals surface area contributed by atoms with Crippen molar-refractivity contribution in [2.45, 2.75) is 32.0 Å². The summed E-state index contributed by atoms with van der Waals surface area (Å²) in [6, 6.07) is 0. The highest BCUT2D eigenvalue weighted by Crippen LogP contribution is 2.46. The third-order valence-electron chi connectivity index (χ3n) is 3.46. The highest BCUT2D eigenvalue weighted by Gasteiger charge is 2.35. The number of allylic oxidation sites excluding steroid dienone is 1. The maximum absolute atomic E-state index is 11.6. The molecular weight excluding hydrogens is 192 g/mol. The second-order valence-corrected chi connectivity index (χ2v) is 4.54. The molecule has 3 heteroatoms. The smallest absolute Gasteiger partial charge is 0.340 e. The minimum atomic E-state index is -0.307. The van der Waals surface area contributed by atoms with Crippen LogP contribution < -0.4 is 0 Å².